The average Bonchev–Trinajstić information content (AvgIpc) is 2.15. The molecule has 15 heavy (non-hydrogen) atoms. The van der Waals surface area contributed by atoms with Crippen molar-refractivity contribution in [2.75, 3.05) is 6.26 Å². The summed E-state index contributed by atoms with van der Waals surface area (Å²) in [6, 6.07) is 2.97. The van der Waals surface area contributed by atoms with Gasteiger partial charge in [-0.05, 0) is 0 Å². The SMILES string of the molecule is CS(=O)(=O)c1cc([N+](=O)[O-])ccc1[N+]#N. The Bertz CT molecular complexity index is 558. The Morgan fingerprint density at radius 3 is 2.47 bits per heavy atom. The highest BCUT2D eigenvalue weighted by Crippen LogP contribution is 2.28. The first-order chi connectivity index (χ1) is 6.86. The number of nitro groups is 1. The third kappa shape index (κ3) is 2.26. The molecule has 0 saturated heterocycles. The van der Waals surface area contributed by atoms with E-state index in [2.05, 4.69) is 4.98 Å². The van der Waals surface area contributed by atoms with Crippen LogP contribution in [0.3, 0.4) is 0 Å². The maximum atomic E-state index is 11.2. The zero-order valence-electron chi connectivity index (χ0n) is 7.61. The summed E-state index contributed by atoms with van der Waals surface area (Å²) >= 11 is 0. The fourth-order valence-corrected chi connectivity index (χ4v) is 1.82. The van der Waals surface area contributed by atoms with Crippen LogP contribution in [0.5, 0.6) is 0 Å². The van der Waals surface area contributed by atoms with Gasteiger partial charge in [0.2, 0.25) is 5.39 Å². The molecule has 1 rings (SSSR count). The van der Waals surface area contributed by atoms with Gasteiger partial charge in [-0.25, -0.2) is 8.42 Å². The van der Waals surface area contributed by atoms with Crippen molar-refractivity contribution in [1.82, 2.24) is 0 Å². The molecule has 0 unspecified atom stereocenters. The zero-order valence-corrected chi connectivity index (χ0v) is 8.43. The van der Waals surface area contributed by atoms with Crippen molar-refractivity contribution < 1.29 is 13.3 Å². The standard InChI is InChI=1S/C7H6N3O4S/c1-15(13,14)7-4-5(10(11)12)2-3-6(7)9-8/h2-4H,1H3/q+1. The van der Waals surface area contributed by atoms with E-state index in [0.29, 0.717) is 0 Å². The quantitative estimate of drug-likeness (QED) is 0.433. The lowest BCUT2D eigenvalue weighted by Crippen LogP contribution is -1.98. The zero-order chi connectivity index (χ0) is 11.6. The molecule has 8 heteroatoms. The van der Waals surface area contributed by atoms with Gasteiger partial charge in [-0.3, -0.25) is 10.1 Å². The minimum Gasteiger partial charge on any atom is -0.258 e. The Balaban J connectivity index is 3.55. The van der Waals surface area contributed by atoms with Crippen molar-refractivity contribution in [3.8, 4) is 0 Å². The number of hydrogen-bond acceptors (Lipinski definition) is 5. The Morgan fingerprint density at radius 1 is 1.47 bits per heavy atom. The molecule has 0 amide bonds. The summed E-state index contributed by atoms with van der Waals surface area (Å²) in [5.41, 5.74) is -0.592. The Morgan fingerprint density at radius 2 is 2.07 bits per heavy atom. The third-order valence-corrected chi connectivity index (χ3v) is 2.79. The molecule has 0 fully saturated rings. The molecule has 1 aromatic rings. The van der Waals surface area contributed by atoms with Crippen molar-refractivity contribution >= 4 is 21.2 Å². The van der Waals surface area contributed by atoms with E-state index in [4.69, 9.17) is 5.39 Å². The van der Waals surface area contributed by atoms with Crippen LogP contribution in [-0.2, 0) is 9.84 Å². The van der Waals surface area contributed by atoms with E-state index in [0.717, 1.165) is 24.5 Å². The van der Waals surface area contributed by atoms with Gasteiger partial charge in [0.15, 0.2) is 19.7 Å². The minimum absolute atomic E-state index is 0.219. The van der Waals surface area contributed by atoms with Crippen LogP contribution in [-0.4, -0.2) is 19.6 Å². The van der Waals surface area contributed by atoms with Crippen LogP contribution in [0.25, 0.3) is 4.98 Å². The topological polar surface area (TPSA) is 105 Å². The predicted octanol–water partition coefficient (Wildman–Crippen LogP) is 1.48. The molecule has 0 aromatic heterocycles. The normalized spacial score (nSPS) is 10.7. The van der Waals surface area contributed by atoms with Gasteiger partial charge in [0, 0.05) is 24.5 Å². The number of nitrogens with zero attached hydrogens (tertiary/aromatic N) is 3. The molecule has 0 radical (unpaired) electrons. The number of nitro benzene ring substituents is 1. The molecule has 7 nitrogen and oxygen atoms in total. The van der Waals surface area contributed by atoms with Gasteiger partial charge in [-0.1, -0.05) is 0 Å². The molecule has 0 spiro atoms. The highest BCUT2D eigenvalue weighted by Gasteiger charge is 2.25. The summed E-state index contributed by atoms with van der Waals surface area (Å²) in [5, 5.41) is 18.9. The minimum atomic E-state index is -3.66. The number of non-ortho nitro benzene ring substituents is 1. The van der Waals surface area contributed by atoms with Crippen molar-refractivity contribution in [3.63, 3.8) is 0 Å². The third-order valence-electron chi connectivity index (χ3n) is 1.66. The molecule has 0 atom stereocenters. The summed E-state index contributed by atoms with van der Waals surface area (Å²) in [4.78, 5) is 12.0. The van der Waals surface area contributed by atoms with Crippen molar-refractivity contribution in [2.45, 2.75) is 4.90 Å². The molecule has 0 aliphatic carbocycles. The molecular formula is C7H6N3O4S+. The average molecular weight is 228 g/mol. The maximum Gasteiger partial charge on any atom is 0.404 e. The van der Waals surface area contributed by atoms with Crippen LogP contribution < -0.4 is 0 Å². The second-order valence-electron chi connectivity index (χ2n) is 2.78. The van der Waals surface area contributed by atoms with Crippen LogP contribution in [0.15, 0.2) is 23.1 Å². The van der Waals surface area contributed by atoms with E-state index >= 15 is 0 Å². The fraction of sp³-hybridized carbons (Fsp3) is 0.143. The van der Waals surface area contributed by atoms with Crippen molar-refractivity contribution in [3.05, 3.63) is 33.3 Å². The van der Waals surface area contributed by atoms with Crippen LogP contribution in [0.2, 0.25) is 0 Å². The van der Waals surface area contributed by atoms with Gasteiger partial charge in [0.05, 0.1) is 4.92 Å². The molecule has 0 saturated carbocycles. The molecule has 1 aromatic carbocycles. The lowest BCUT2D eigenvalue weighted by Gasteiger charge is -1.94. The molecule has 0 aliphatic rings. The molecule has 0 bridgehead atoms. The Hall–Kier alpha value is -2.01. The van der Waals surface area contributed by atoms with E-state index in [1.54, 1.807) is 0 Å². The molecule has 0 heterocycles. The summed E-state index contributed by atoms with van der Waals surface area (Å²) in [6.45, 7) is 0. The highest BCUT2D eigenvalue weighted by molar-refractivity contribution is 7.90. The van der Waals surface area contributed by atoms with E-state index in [1.165, 1.54) is 0 Å². The first kappa shape index (κ1) is 11.1. The number of hydrogen-bond donors (Lipinski definition) is 0. The monoisotopic (exact) mass is 228 g/mol. The van der Waals surface area contributed by atoms with Gasteiger partial charge >= 0.3 is 5.69 Å². The van der Waals surface area contributed by atoms with Crippen LogP contribution in [0.4, 0.5) is 11.4 Å². The van der Waals surface area contributed by atoms with E-state index in [9.17, 15) is 18.5 Å². The second kappa shape index (κ2) is 3.62. The van der Waals surface area contributed by atoms with Gasteiger partial charge in [-0.2, -0.15) is 0 Å². The van der Waals surface area contributed by atoms with Gasteiger partial charge < -0.3 is 0 Å². The maximum absolute atomic E-state index is 11.2. The number of rotatable bonds is 2. The smallest absolute Gasteiger partial charge is 0.258 e. The number of benzene rings is 1. The van der Waals surface area contributed by atoms with Gasteiger partial charge in [0.25, 0.3) is 5.69 Å². The second-order valence-corrected chi connectivity index (χ2v) is 4.77. The number of sulfone groups is 1. The molecule has 0 aliphatic heterocycles. The Kier molecular flexibility index (Phi) is 2.67. The summed E-state index contributed by atoms with van der Waals surface area (Å²) in [6.07, 6.45) is 0.876. The summed E-state index contributed by atoms with van der Waals surface area (Å²) < 4.78 is 22.4. The first-order valence-electron chi connectivity index (χ1n) is 3.70. The van der Waals surface area contributed by atoms with E-state index < -0.39 is 14.8 Å². The van der Waals surface area contributed by atoms with Crippen LogP contribution in [0.1, 0.15) is 0 Å². The van der Waals surface area contributed by atoms with Crippen LogP contribution >= 0.6 is 0 Å². The number of diazo groups is 1. The first-order valence-corrected chi connectivity index (χ1v) is 5.59. The fourth-order valence-electron chi connectivity index (χ4n) is 0.996. The van der Waals surface area contributed by atoms with Crippen LogP contribution in [0, 0.1) is 15.5 Å². The molecule has 78 valence electrons. The Labute approximate surface area is 85.0 Å². The highest BCUT2D eigenvalue weighted by atomic mass is 32.2. The van der Waals surface area contributed by atoms with Gasteiger partial charge in [-0.15, -0.1) is 0 Å². The summed E-state index contributed by atoms with van der Waals surface area (Å²) in [7, 11) is -3.66. The predicted molar refractivity (Wildman–Crippen MR) is 51.0 cm³/mol. The lowest BCUT2D eigenvalue weighted by molar-refractivity contribution is -0.385. The van der Waals surface area contributed by atoms with E-state index in [-0.39, 0.29) is 16.3 Å². The summed E-state index contributed by atoms with van der Waals surface area (Å²) in [5.74, 6) is 0. The van der Waals surface area contributed by atoms with Gasteiger partial charge in [0.1, 0.15) is 0 Å². The molecular weight excluding hydrogens is 222 g/mol. The van der Waals surface area contributed by atoms with Crippen molar-refractivity contribution in [1.29, 1.82) is 5.39 Å². The molecule has 0 N–H and O–H groups in total. The lowest BCUT2D eigenvalue weighted by atomic mass is 10.3. The van der Waals surface area contributed by atoms with Crippen molar-refractivity contribution in [2.24, 2.45) is 0 Å². The van der Waals surface area contributed by atoms with E-state index in [1.807, 2.05) is 0 Å². The largest absolute Gasteiger partial charge is 0.404 e.